The Morgan fingerprint density at radius 3 is 3.00 bits per heavy atom. The van der Waals surface area contributed by atoms with Crippen molar-refractivity contribution >= 4 is 11.9 Å². The van der Waals surface area contributed by atoms with E-state index in [2.05, 4.69) is 15.0 Å². The average Bonchev–Trinajstić information content (AvgIpc) is 2.57. The van der Waals surface area contributed by atoms with Gasteiger partial charge in [0, 0.05) is 12.3 Å². The minimum absolute atomic E-state index is 0.656. The Bertz CT molecular complexity index is 436. The van der Waals surface area contributed by atoms with Gasteiger partial charge in [-0.25, -0.2) is 4.99 Å². The van der Waals surface area contributed by atoms with Gasteiger partial charge in [-0.05, 0) is 26.2 Å². The summed E-state index contributed by atoms with van der Waals surface area (Å²) in [5.74, 6) is 0.757. The third-order valence-corrected chi connectivity index (χ3v) is 1.83. The SMILES string of the molecule is CN(C)CN=C1C=c2ncccc2=N1. The molecule has 2 heterocycles. The van der Waals surface area contributed by atoms with Crippen molar-refractivity contribution in [3.05, 3.63) is 29.0 Å². The van der Waals surface area contributed by atoms with Gasteiger partial charge in [-0.15, -0.1) is 0 Å². The molecule has 4 heteroatoms. The number of nitrogens with zero attached hydrogens (tertiary/aromatic N) is 4. The molecule has 0 saturated carbocycles. The standard InChI is InChI=1S/C10H12N4/c1-14(2)7-12-10-6-9-8(13-10)4-3-5-11-9/h3-6H,7H2,1-2H3. The average molecular weight is 188 g/mol. The molecule has 1 aliphatic heterocycles. The molecule has 1 aromatic rings. The summed E-state index contributed by atoms with van der Waals surface area (Å²) in [6, 6.07) is 3.82. The summed E-state index contributed by atoms with van der Waals surface area (Å²) in [6.45, 7) is 0.656. The zero-order chi connectivity index (χ0) is 9.97. The molecule has 0 amide bonds. The highest BCUT2D eigenvalue weighted by Gasteiger charge is 2.01. The molecule has 0 aromatic carbocycles. The van der Waals surface area contributed by atoms with Gasteiger partial charge in [0.2, 0.25) is 0 Å². The molecule has 0 saturated heterocycles. The number of hydrogen-bond acceptors (Lipinski definition) is 3. The van der Waals surface area contributed by atoms with E-state index < -0.39 is 0 Å². The second kappa shape index (κ2) is 3.67. The number of aromatic nitrogens is 1. The fourth-order valence-electron chi connectivity index (χ4n) is 1.19. The molecule has 0 spiro atoms. The van der Waals surface area contributed by atoms with Gasteiger partial charge in [-0.1, -0.05) is 0 Å². The number of aliphatic imine (C=N–C) groups is 1. The lowest BCUT2D eigenvalue weighted by Gasteiger charge is -2.03. The minimum atomic E-state index is 0.656. The summed E-state index contributed by atoms with van der Waals surface area (Å²) in [6.07, 6.45) is 3.67. The van der Waals surface area contributed by atoms with Crippen LogP contribution in [0.15, 0.2) is 28.3 Å². The number of pyridine rings is 1. The van der Waals surface area contributed by atoms with Gasteiger partial charge in [-0.3, -0.25) is 14.9 Å². The van der Waals surface area contributed by atoms with E-state index in [1.807, 2.05) is 37.2 Å². The van der Waals surface area contributed by atoms with Crippen molar-refractivity contribution in [2.75, 3.05) is 20.8 Å². The quantitative estimate of drug-likeness (QED) is 0.622. The van der Waals surface area contributed by atoms with Gasteiger partial charge in [-0.2, -0.15) is 0 Å². The Morgan fingerprint density at radius 2 is 2.29 bits per heavy atom. The third kappa shape index (κ3) is 1.85. The zero-order valence-electron chi connectivity index (χ0n) is 8.31. The number of hydrogen-bond donors (Lipinski definition) is 0. The zero-order valence-corrected chi connectivity index (χ0v) is 8.31. The lowest BCUT2D eigenvalue weighted by molar-refractivity contribution is 0.424. The highest BCUT2D eigenvalue weighted by atomic mass is 15.2. The Hall–Kier alpha value is -1.55. The molecule has 4 nitrogen and oxygen atoms in total. The van der Waals surface area contributed by atoms with Crippen molar-refractivity contribution in [1.29, 1.82) is 0 Å². The van der Waals surface area contributed by atoms with E-state index in [0.717, 1.165) is 16.5 Å². The first-order chi connectivity index (χ1) is 6.75. The fourth-order valence-corrected chi connectivity index (χ4v) is 1.19. The van der Waals surface area contributed by atoms with Crippen LogP contribution in [0, 0.1) is 0 Å². The van der Waals surface area contributed by atoms with E-state index in [0.29, 0.717) is 6.67 Å². The maximum atomic E-state index is 4.33. The van der Waals surface area contributed by atoms with Crippen molar-refractivity contribution < 1.29 is 0 Å². The van der Waals surface area contributed by atoms with Crippen LogP contribution in [0.1, 0.15) is 0 Å². The van der Waals surface area contributed by atoms with Crippen molar-refractivity contribution in [2.45, 2.75) is 0 Å². The molecule has 0 bridgehead atoms. The van der Waals surface area contributed by atoms with Crippen LogP contribution in [0.4, 0.5) is 0 Å². The normalized spacial score (nSPS) is 16.6. The van der Waals surface area contributed by atoms with Crippen LogP contribution in [-0.4, -0.2) is 36.5 Å². The van der Waals surface area contributed by atoms with Crippen LogP contribution < -0.4 is 10.7 Å². The van der Waals surface area contributed by atoms with E-state index in [9.17, 15) is 0 Å². The summed E-state index contributed by atoms with van der Waals surface area (Å²) < 4.78 is 0. The van der Waals surface area contributed by atoms with Crippen LogP contribution in [-0.2, 0) is 0 Å². The van der Waals surface area contributed by atoms with Gasteiger partial charge in [0.1, 0.15) is 0 Å². The Kier molecular flexibility index (Phi) is 2.37. The van der Waals surface area contributed by atoms with Crippen LogP contribution in [0.25, 0.3) is 6.08 Å². The van der Waals surface area contributed by atoms with Crippen LogP contribution in [0.3, 0.4) is 0 Å². The Balaban J connectivity index is 2.31. The molecule has 14 heavy (non-hydrogen) atoms. The topological polar surface area (TPSA) is 40.9 Å². The summed E-state index contributed by atoms with van der Waals surface area (Å²) in [7, 11) is 3.95. The predicted octanol–water partition coefficient (Wildman–Crippen LogP) is -0.587. The molecule has 1 aliphatic rings. The van der Waals surface area contributed by atoms with Crippen molar-refractivity contribution in [3.63, 3.8) is 0 Å². The maximum absolute atomic E-state index is 4.33. The second-order valence-corrected chi connectivity index (χ2v) is 3.40. The Labute approximate surface area is 82.3 Å². The number of rotatable bonds is 2. The van der Waals surface area contributed by atoms with Crippen molar-refractivity contribution in [3.8, 4) is 0 Å². The minimum Gasteiger partial charge on any atom is -0.291 e. The molecule has 0 fully saturated rings. The fraction of sp³-hybridized carbons (Fsp3) is 0.300. The van der Waals surface area contributed by atoms with Crippen LogP contribution in [0.2, 0.25) is 0 Å². The Morgan fingerprint density at radius 1 is 1.43 bits per heavy atom. The van der Waals surface area contributed by atoms with Crippen LogP contribution in [0.5, 0.6) is 0 Å². The second-order valence-electron chi connectivity index (χ2n) is 3.40. The van der Waals surface area contributed by atoms with Gasteiger partial charge in [0.15, 0.2) is 5.84 Å². The largest absolute Gasteiger partial charge is 0.291 e. The predicted molar refractivity (Wildman–Crippen MR) is 55.5 cm³/mol. The summed E-state index contributed by atoms with van der Waals surface area (Å²) >= 11 is 0. The molecule has 0 unspecified atom stereocenters. The summed E-state index contributed by atoms with van der Waals surface area (Å²) in [4.78, 5) is 14.8. The number of fused-ring (bicyclic) bond motifs is 1. The molecule has 0 aliphatic carbocycles. The van der Waals surface area contributed by atoms with Crippen molar-refractivity contribution in [2.24, 2.45) is 9.98 Å². The van der Waals surface area contributed by atoms with E-state index in [4.69, 9.17) is 0 Å². The first kappa shape index (κ1) is 9.02. The third-order valence-electron chi connectivity index (χ3n) is 1.83. The molecule has 2 rings (SSSR count). The maximum Gasteiger partial charge on any atom is 0.151 e. The highest BCUT2D eigenvalue weighted by molar-refractivity contribution is 6.10. The molecule has 1 aromatic heterocycles. The molecular weight excluding hydrogens is 176 g/mol. The van der Waals surface area contributed by atoms with E-state index in [1.165, 1.54) is 0 Å². The monoisotopic (exact) mass is 188 g/mol. The van der Waals surface area contributed by atoms with Gasteiger partial charge in [0.05, 0.1) is 17.4 Å². The first-order valence-electron chi connectivity index (χ1n) is 4.46. The first-order valence-corrected chi connectivity index (χ1v) is 4.46. The van der Waals surface area contributed by atoms with Gasteiger partial charge in [0.25, 0.3) is 0 Å². The highest BCUT2D eigenvalue weighted by Crippen LogP contribution is 1.88. The van der Waals surface area contributed by atoms with Crippen LogP contribution >= 0.6 is 0 Å². The van der Waals surface area contributed by atoms with E-state index >= 15 is 0 Å². The number of amidine groups is 1. The molecule has 0 atom stereocenters. The van der Waals surface area contributed by atoms with E-state index in [1.54, 1.807) is 6.20 Å². The van der Waals surface area contributed by atoms with Gasteiger partial charge >= 0.3 is 0 Å². The van der Waals surface area contributed by atoms with Crippen molar-refractivity contribution in [1.82, 2.24) is 9.88 Å². The summed E-state index contributed by atoms with van der Waals surface area (Å²) in [5, 5.41) is 1.81. The van der Waals surface area contributed by atoms with E-state index in [-0.39, 0.29) is 0 Å². The molecule has 0 N–H and O–H groups in total. The molecular formula is C10H12N4. The summed E-state index contributed by atoms with van der Waals surface area (Å²) in [5.41, 5.74) is 0. The van der Waals surface area contributed by atoms with Gasteiger partial charge < -0.3 is 0 Å². The smallest absolute Gasteiger partial charge is 0.151 e. The lowest BCUT2D eigenvalue weighted by atomic mass is 10.4. The molecule has 0 radical (unpaired) electrons. The lowest BCUT2D eigenvalue weighted by Crippen LogP contribution is -2.23. The molecule has 72 valence electrons.